The third-order valence-corrected chi connectivity index (χ3v) is 1.43. The van der Waals surface area contributed by atoms with Crippen LogP contribution < -0.4 is 0 Å². The van der Waals surface area contributed by atoms with Crippen molar-refractivity contribution in [3.63, 3.8) is 0 Å². The lowest BCUT2D eigenvalue weighted by Gasteiger charge is -1.94. The van der Waals surface area contributed by atoms with Gasteiger partial charge in [0.05, 0.1) is 4.92 Å². The second-order valence-corrected chi connectivity index (χ2v) is 2.76. The molecule has 0 atom stereocenters. The Kier molecular flexibility index (Phi) is 5.66. The van der Waals surface area contributed by atoms with Crippen molar-refractivity contribution in [1.82, 2.24) is 0 Å². The van der Waals surface area contributed by atoms with E-state index in [9.17, 15) is 10.1 Å². The number of hydrogen-bond donors (Lipinski definition) is 3. The molecular weight excluding hydrogens is 206 g/mol. The largest absolute Gasteiger partial charge is 0.502 e. The minimum Gasteiger partial charge on any atom is -0.502 e. The quantitative estimate of drug-likeness (QED) is 0.379. The smallest absolute Gasteiger partial charge is 0.311 e. The van der Waals surface area contributed by atoms with Gasteiger partial charge in [0.25, 0.3) is 0 Å². The van der Waals surface area contributed by atoms with Crippen molar-refractivity contribution in [3.05, 3.63) is 28.3 Å². The molecule has 0 radical (unpaired) electrons. The van der Waals surface area contributed by atoms with Gasteiger partial charge >= 0.3 is 5.69 Å². The Labute approximate surface area is 86.6 Å². The Morgan fingerprint density at radius 1 is 1.57 bits per heavy atom. The number of thiol groups is 1. The molecule has 0 aliphatic rings. The van der Waals surface area contributed by atoms with Crippen molar-refractivity contribution in [3.8, 4) is 5.75 Å². The molecule has 0 spiro atoms. The maximum Gasteiger partial charge on any atom is 0.311 e. The summed E-state index contributed by atoms with van der Waals surface area (Å²) in [5.41, 5.74) is -0.322. The Balaban J connectivity index is 0.000000500. The number of aromatic hydroxyl groups is 1. The average molecular weight is 217 g/mol. The van der Waals surface area contributed by atoms with Crippen LogP contribution in [0.4, 0.5) is 5.69 Å². The van der Waals surface area contributed by atoms with E-state index in [4.69, 9.17) is 10.2 Å². The van der Waals surface area contributed by atoms with E-state index in [-0.39, 0.29) is 18.0 Å². The van der Waals surface area contributed by atoms with Gasteiger partial charge in [-0.15, -0.1) is 12.6 Å². The van der Waals surface area contributed by atoms with Crippen LogP contribution in [0.3, 0.4) is 0 Å². The van der Waals surface area contributed by atoms with Gasteiger partial charge in [-0.25, -0.2) is 0 Å². The molecule has 1 aromatic rings. The van der Waals surface area contributed by atoms with Gasteiger partial charge in [-0.2, -0.15) is 0 Å². The number of phenols is 1. The van der Waals surface area contributed by atoms with Crippen molar-refractivity contribution in [2.24, 2.45) is 0 Å². The molecule has 0 aliphatic heterocycles. The summed E-state index contributed by atoms with van der Waals surface area (Å²) in [7, 11) is 0. The Hall–Kier alpha value is -1.27. The van der Waals surface area contributed by atoms with Gasteiger partial charge in [0.2, 0.25) is 0 Å². The second kappa shape index (κ2) is 6.22. The van der Waals surface area contributed by atoms with Gasteiger partial charge in [0.15, 0.2) is 5.75 Å². The summed E-state index contributed by atoms with van der Waals surface area (Å²) in [6.07, 6.45) is 0. The second-order valence-electron chi connectivity index (χ2n) is 2.25. The van der Waals surface area contributed by atoms with Crippen molar-refractivity contribution in [2.45, 2.75) is 11.8 Å². The summed E-state index contributed by atoms with van der Waals surface area (Å²) in [6, 6.07) is 3.91. The van der Waals surface area contributed by atoms with E-state index in [1.54, 1.807) is 6.92 Å². The number of nitrogens with zero attached hydrogens (tertiary/aromatic N) is 1. The zero-order valence-corrected chi connectivity index (χ0v) is 8.44. The van der Waals surface area contributed by atoms with Crippen LogP contribution in [0.5, 0.6) is 5.75 Å². The third kappa shape index (κ3) is 4.11. The van der Waals surface area contributed by atoms with Crippen LogP contribution in [0.1, 0.15) is 6.92 Å². The van der Waals surface area contributed by atoms with Crippen molar-refractivity contribution >= 4 is 18.3 Å². The highest BCUT2D eigenvalue weighted by molar-refractivity contribution is 7.80. The molecule has 78 valence electrons. The molecule has 5 nitrogen and oxygen atoms in total. The monoisotopic (exact) mass is 217 g/mol. The van der Waals surface area contributed by atoms with Gasteiger partial charge in [-0.3, -0.25) is 10.1 Å². The molecule has 0 aliphatic carbocycles. The number of benzene rings is 1. The van der Waals surface area contributed by atoms with Crippen LogP contribution >= 0.6 is 12.6 Å². The normalized spacial score (nSPS) is 8.79. The van der Waals surface area contributed by atoms with E-state index in [0.29, 0.717) is 4.90 Å². The van der Waals surface area contributed by atoms with E-state index >= 15 is 0 Å². The summed E-state index contributed by atoms with van der Waals surface area (Å²) >= 11 is 3.88. The van der Waals surface area contributed by atoms with Gasteiger partial charge < -0.3 is 10.2 Å². The molecule has 1 rings (SSSR count). The Morgan fingerprint density at radius 2 is 2.07 bits per heavy atom. The van der Waals surface area contributed by atoms with Crippen LogP contribution in [0, 0.1) is 10.1 Å². The average Bonchev–Trinajstić information content (AvgIpc) is 2.10. The maximum absolute atomic E-state index is 10.2. The van der Waals surface area contributed by atoms with Crippen LogP contribution in [-0.4, -0.2) is 21.7 Å². The lowest BCUT2D eigenvalue weighted by molar-refractivity contribution is -0.386. The van der Waals surface area contributed by atoms with E-state index in [2.05, 4.69) is 12.6 Å². The summed E-state index contributed by atoms with van der Waals surface area (Å²) in [6.45, 7) is 1.93. The lowest BCUT2D eigenvalue weighted by atomic mass is 10.3. The first-order chi connectivity index (χ1) is 6.52. The zero-order chi connectivity index (χ0) is 11.1. The van der Waals surface area contributed by atoms with Crippen LogP contribution in [0.15, 0.2) is 23.1 Å². The third-order valence-electron chi connectivity index (χ3n) is 1.16. The van der Waals surface area contributed by atoms with Gasteiger partial charge in [-0.1, -0.05) is 0 Å². The molecule has 0 fully saturated rings. The number of aliphatic hydroxyl groups is 1. The first-order valence-electron chi connectivity index (χ1n) is 3.80. The number of nitro benzene ring substituents is 1. The molecule has 2 N–H and O–H groups in total. The fraction of sp³-hybridized carbons (Fsp3) is 0.250. The van der Waals surface area contributed by atoms with Gasteiger partial charge in [0, 0.05) is 17.6 Å². The molecule has 1 aromatic carbocycles. The number of nitro groups is 1. The molecule has 14 heavy (non-hydrogen) atoms. The predicted molar refractivity (Wildman–Crippen MR) is 54.8 cm³/mol. The lowest BCUT2D eigenvalue weighted by Crippen LogP contribution is -1.87. The van der Waals surface area contributed by atoms with Crippen LogP contribution in [-0.2, 0) is 0 Å². The highest BCUT2D eigenvalue weighted by Crippen LogP contribution is 2.27. The number of hydrogen-bond acceptors (Lipinski definition) is 5. The molecule has 0 heterocycles. The molecule has 0 saturated carbocycles. The van der Waals surface area contributed by atoms with Gasteiger partial charge in [-0.05, 0) is 19.1 Å². The summed E-state index contributed by atoms with van der Waals surface area (Å²) in [5, 5.41) is 26.7. The maximum atomic E-state index is 10.2. The summed E-state index contributed by atoms with van der Waals surface area (Å²) in [5.74, 6) is -0.340. The summed E-state index contributed by atoms with van der Waals surface area (Å²) < 4.78 is 0. The van der Waals surface area contributed by atoms with Crippen molar-refractivity contribution in [2.75, 3.05) is 6.61 Å². The standard InChI is InChI=1S/C6H5NO3S.C2H6O/c8-6-2-1-4(11)3-5(6)7(9)10;1-2-3/h1-3,8,11H;3H,2H2,1H3. The Morgan fingerprint density at radius 3 is 2.43 bits per heavy atom. The predicted octanol–water partition coefficient (Wildman–Crippen LogP) is 1.59. The highest BCUT2D eigenvalue weighted by atomic mass is 32.1. The molecule has 0 unspecified atom stereocenters. The van der Waals surface area contributed by atoms with E-state index in [0.717, 1.165) is 0 Å². The van der Waals surface area contributed by atoms with Crippen molar-refractivity contribution < 1.29 is 15.1 Å². The number of phenolic OH excluding ortho intramolecular Hbond substituents is 1. The first kappa shape index (κ1) is 12.7. The fourth-order valence-electron chi connectivity index (χ4n) is 0.658. The summed E-state index contributed by atoms with van der Waals surface area (Å²) in [4.78, 5) is 9.98. The van der Waals surface area contributed by atoms with Gasteiger partial charge in [0.1, 0.15) is 0 Å². The highest BCUT2D eigenvalue weighted by Gasteiger charge is 2.11. The molecular formula is C8H11NO4S. The molecule has 6 heteroatoms. The fourth-order valence-corrected chi connectivity index (χ4v) is 0.855. The minimum absolute atomic E-state index is 0.250. The molecule has 0 bridgehead atoms. The molecule has 0 saturated heterocycles. The van der Waals surface area contributed by atoms with E-state index < -0.39 is 4.92 Å². The molecule has 0 aromatic heterocycles. The zero-order valence-electron chi connectivity index (χ0n) is 7.54. The van der Waals surface area contributed by atoms with Crippen LogP contribution in [0.25, 0.3) is 0 Å². The molecule has 0 amide bonds. The SMILES string of the molecule is CCO.O=[N+]([O-])c1cc(S)ccc1O. The van der Waals surface area contributed by atoms with Crippen molar-refractivity contribution in [1.29, 1.82) is 0 Å². The number of rotatable bonds is 1. The van der Waals surface area contributed by atoms with E-state index in [1.807, 2.05) is 0 Å². The topological polar surface area (TPSA) is 83.6 Å². The Bertz CT molecular complexity index is 316. The number of aliphatic hydroxyl groups excluding tert-OH is 1. The first-order valence-corrected chi connectivity index (χ1v) is 4.24. The van der Waals surface area contributed by atoms with E-state index in [1.165, 1.54) is 18.2 Å². The minimum atomic E-state index is -0.658. The van der Waals surface area contributed by atoms with Crippen LogP contribution in [0.2, 0.25) is 0 Å².